The van der Waals surface area contributed by atoms with Gasteiger partial charge in [0.15, 0.2) is 0 Å². The molecule has 208 valence electrons. The predicted molar refractivity (Wildman–Crippen MR) is 140 cm³/mol. The highest BCUT2D eigenvalue weighted by Gasteiger charge is 2.48. The number of benzene rings is 1. The predicted octanol–water partition coefficient (Wildman–Crippen LogP) is -0.0601. The van der Waals surface area contributed by atoms with E-state index in [4.69, 9.17) is 23.2 Å². The van der Waals surface area contributed by atoms with Gasteiger partial charge in [-0.2, -0.15) is 0 Å². The molecule has 1 aromatic rings. The van der Waals surface area contributed by atoms with E-state index < -0.39 is 77.1 Å². The van der Waals surface area contributed by atoms with Crippen LogP contribution in [0.25, 0.3) is 0 Å². The molecule has 0 saturated carbocycles. The number of nitrogens with zero attached hydrogens (tertiary/aromatic N) is 1. The average molecular weight is 570 g/mol. The number of nitrogens with one attached hydrogen (secondary N) is 4. The number of aliphatic hydroxyl groups is 1. The quantitative estimate of drug-likeness (QED) is 0.320. The van der Waals surface area contributed by atoms with Crippen LogP contribution in [0.5, 0.6) is 0 Å². The fraction of sp³-hybridized carbons (Fsp3) is 0.560. The van der Waals surface area contributed by atoms with Crippen molar-refractivity contribution in [2.24, 2.45) is 0 Å². The maximum atomic E-state index is 13.5. The van der Waals surface area contributed by atoms with Crippen molar-refractivity contribution in [1.82, 2.24) is 26.2 Å². The molecule has 7 atom stereocenters. The number of fused-ring (bicyclic) bond motifs is 1. The Kier molecular flexibility index (Phi) is 10.3. The van der Waals surface area contributed by atoms with Crippen molar-refractivity contribution in [3.8, 4) is 0 Å². The van der Waals surface area contributed by atoms with Crippen molar-refractivity contribution in [2.75, 3.05) is 13.2 Å². The molecular formula is C25H33Cl2N5O6. The molecule has 2 aliphatic rings. The highest BCUT2D eigenvalue weighted by atomic mass is 35.5. The summed E-state index contributed by atoms with van der Waals surface area (Å²) in [5.74, 6) is -3.16. The van der Waals surface area contributed by atoms with Gasteiger partial charge in [0.05, 0.1) is 29.8 Å². The Morgan fingerprint density at radius 1 is 0.842 bits per heavy atom. The Labute approximate surface area is 231 Å². The maximum absolute atomic E-state index is 13.5. The summed E-state index contributed by atoms with van der Waals surface area (Å²) in [6, 6.07) is 3.36. The van der Waals surface area contributed by atoms with Crippen molar-refractivity contribution < 1.29 is 29.1 Å². The molecule has 5 amide bonds. The minimum Gasteiger partial charge on any atom is -0.394 e. The number of amides is 5. The Morgan fingerprint density at radius 2 is 1.45 bits per heavy atom. The molecule has 5 N–H and O–H groups in total. The lowest BCUT2D eigenvalue weighted by Gasteiger charge is -2.31. The van der Waals surface area contributed by atoms with E-state index in [2.05, 4.69) is 21.3 Å². The van der Waals surface area contributed by atoms with Gasteiger partial charge in [0.25, 0.3) is 0 Å². The molecule has 2 saturated heterocycles. The lowest BCUT2D eigenvalue weighted by atomic mass is 10.0. The zero-order valence-corrected chi connectivity index (χ0v) is 22.7. The Balaban J connectivity index is 2.00. The first kappa shape index (κ1) is 29.7. The summed E-state index contributed by atoms with van der Waals surface area (Å²) in [5, 5.41) is 18.6. The van der Waals surface area contributed by atoms with Crippen molar-refractivity contribution in [3.05, 3.63) is 35.9 Å². The minimum absolute atomic E-state index is 0.0166. The Hall–Kier alpha value is -2.89. The standard InChI is InChI=1S/C25H33Cl2N5O6/c1-3-15-22(35)31-18(12-33)23(36)30-17(13-8-6-5-7-9-13)10-19(34)28-16(4-2)25(38)32-11-14(26)20(27)21(32)24(37)29-15/h5-9,14-18,20-21,33H,3-4,10-12H2,1-2H3,(H,28,34)(H,29,37)(H,30,36)(H,31,35). The highest BCUT2D eigenvalue weighted by molar-refractivity contribution is 6.32. The molecule has 2 aliphatic heterocycles. The van der Waals surface area contributed by atoms with E-state index in [9.17, 15) is 29.1 Å². The summed E-state index contributed by atoms with van der Waals surface area (Å²) >= 11 is 12.8. The number of aliphatic hydroxyl groups excluding tert-OH is 1. The van der Waals surface area contributed by atoms with E-state index >= 15 is 0 Å². The second-order valence-corrected chi connectivity index (χ2v) is 10.4. The smallest absolute Gasteiger partial charge is 0.245 e. The third-order valence-electron chi connectivity index (χ3n) is 6.71. The van der Waals surface area contributed by atoms with Gasteiger partial charge in [0.2, 0.25) is 29.5 Å². The van der Waals surface area contributed by atoms with E-state index in [1.54, 1.807) is 44.2 Å². The summed E-state index contributed by atoms with van der Waals surface area (Å²) in [4.78, 5) is 67.0. The number of hydrogen-bond donors (Lipinski definition) is 5. The van der Waals surface area contributed by atoms with Gasteiger partial charge in [0, 0.05) is 6.54 Å². The first-order valence-electron chi connectivity index (χ1n) is 12.6. The molecule has 2 heterocycles. The van der Waals surface area contributed by atoms with Gasteiger partial charge >= 0.3 is 0 Å². The van der Waals surface area contributed by atoms with Gasteiger partial charge in [0.1, 0.15) is 24.2 Å². The fourth-order valence-electron chi connectivity index (χ4n) is 4.55. The van der Waals surface area contributed by atoms with Crippen LogP contribution in [-0.2, 0) is 24.0 Å². The molecule has 38 heavy (non-hydrogen) atoms. The average Bonchev–Trinajstić information content (AvgIpc) is 3.21. The lowest BCUT2D eigenvalue weighted by molar-refractivity contribution is -0.142. The van der Waals surface area contributed by atoms with Crippen LogP contribution in [-0.4, -0.2) is 87.6 Å². The summed E-state index contributed by atoms with van der Waals surface area (Å²) in [6.07, 6.45) is 0.170. The second-order valence-electron chi connectivity index (χ2n) is 9.31. The molecule has 7 unspecified atom stereocenters. The zero-order chi connectivity index (χ0) is 28.0. The Bertz CT molecular complexity index is 1040. The van der Waals surface area contributed by atoms with E-state index in [1.165, 1.54) is 4.90 Å². The topological polar surface area (TPSA) is 157 Å². The highest BCUT2D eigenvalue weighted by Crippen LogP contribution is 2.29. The van der Waals surface area contributed by atoms with Crippen LogP contribution in [0.2, 0.25) is 0 Å². The molecule has 0 aliphatic carbocycles. The SMILES string of the molecule is CCC1NC(=O)C2C(Cl)C(Cl)CN2C(=O)C(CC)NC(=O)CC(c2ccccc2)NC(=O)C(CO)NC1=O. The fourth-order valence-corrected chi connectivity index (χ4v) is 5.17. The molecule has 2 fully saturated rings. The zero-order valence-electron chi connectivity index (χ0n) is 21.2. The van der Waals surface area contributed by atoms with E-state index in [0.717, 1.165) is 0 Å². The molecule has 0 spiro atoms. The summed E-state index contributed by atoms with van der Waals surface area (Å²) in [7, 11) is 0. The molecular weight excluding hydrogens is 537 g/mol. The normalized spacial score (nSPS) is 31.7. The van der Waals surface area contributed by atoms with Crippen molar-refractivity contribution >= 4 is 52.7 Å². The number of carbonyl (C=O) groups is 5. The van der Waals surface area contributed by atoms with Crippen LogP contribution in [0.1, 0.15) is 44.7 Å². The van der Waals surface area contributed by atoms with Crippen molar-refractivity contribution in [2.45, 2.75) is 74.1 Å². The van der Waals surface area contributed by atoms with Crippen LogP contribution in [0.15, 0.2) is 30.3 Å². The second kappa shape index (κ2) is 13.3. The first-order valence-corrected chi connectivity index (χ1v) is 13.4. The number of halogens is 2. The lowest BCUT2D eigenvalue weighted by Crippen LogP contribution is -2.60. The monoisotopic (exact) mass is 569 g/mol. The van der Waals surface area contributed by atoms with Crippen LogP contribution in [0, 0.1) is 0 Å². The molecule has 0 bridgehead atoms. The first-order chi connectivity index (χ1) is 18.1. The largest absolute Gasteiger partial charge is 0.394 e. The van der Waals surface area contributed by atoms with Gasteiger partial charge in [-0.1, -0.05) is 44.2 Å². The van der Waals surface area contributed by atoms with Gasteiger partial charge in [-0.05, 0) is 18.4 Å². The van der Waals surface area contributed by atoms with Crippen LogP contribution < -0.4 is 21.3 Å². The number of rotatable bonds is 4. The van der Waals surface area contributed by atoms with Gasteiger partial charge < -0.3 is 31.3 Å². The van der Waals surface area contributed by atoms with E-state index in [-0.39, 0.29) is 25.8 Å². The summed E-state index contributed by atoms with van der Waals surface area (Å²) in [5.41, 5.74) is 0.618. The van der Waals surface area contributed by atoms with Gasteiger partial charge in [-0.3, -0.25) is 24.0 Å². The molecule has 11 nitrogen and oxygen atoms in total. The number of hydrogen-bond acceptors (Lipinski definition) is 6. The van der Waals surface area contributed by atoms with Crippen molar-refractivity contribution in [3.63, 3.8) is 0 Å². The van der Waals surface area contributed by atoms with Gasteiger partial charge in [-0.15, -0.1) is 23.2 Å². The third kappa shape index (κ3) is 6.75. The Morgan fingerprint density at radius 3 is 2.05 bits per heavy atom. The summed E-state index contributed by atoms with van der Waals surface area (Å²) in [6.45, 7) is 2.64. The maximum Gasteiger partial charge on any atom is 0.245 e. The van der Waals surface area contributed by atoms with Crippen molar-refractivity contribution in [1.29, 1.82) is 0 Å². The molecule has 13 heteroatoms. The molecule has 0 radical (unpaired) electrons. The number of alkyl halides is 2. The minimum atomic E-state index is -1.34. The molecule has 0 aromatic heterocycles. The number of carbonyl (C=O) groups excluding carboxylic acids is 5. The van der Waals surface area contributed by atoms with Crippen LogP contribution >= 0.6 is 23.2 Å². The third-order valence-corrected chi connectivity index (χ3v) is 7.79. The van der Waals surface area contributed by atoms with Crippen LogP contribution in [0.4, 0.5) is 0 Å². The van der Waals surface area contributed by atoms with E-state index in [0.29, 0.717) is 5.56 Å². The summed E-state index contributed by atoms with van der Waals surface area (Å²) < 4.78 is 0. The van der Waals surface area contributed by atoms with E-state index in [1.807, 2.05) is 0 Å². The molecule has 1 aromatic carbocycles. The molecule has 3 rings (SSSR count). The van der Waals surface area contributed by atoms with Gasteiger partial charge in [-0.25, -0.2) is 0 Å². The van der Waals surface area contributed by atoms with Crippen LogP contribution in [0.3, 0.4) is 0 Å².